The number of halogens is 1. The number of nitrogens with two attached hydrogens (primary N) is 1. The number of hydrogen-bond acceptors (Lipinski definition) is 4. The molecule has 27 heavy (non-hydrogen) atoms. The van der Waals surface area contributed by atoms with Gasteiger partial charge in [-0.15, -0.1) is 0 Å². The average Bonchev–Trinajstić information content (AvgIpc) is 2.61. The molecule has 3 aromatic rings. The molecular formula is C19H20FN5O2. The third-order valence-electron chi connectivity index (χ3n) is 3.98. The quantitative estimate of drug-likeness (QED) is 0.658. The van der Waals surface area contributed by atoms with Crippen LogP contribution in [0.3, 0.4) is 0 Å². The summed E-state index contributed by atoms with van der Waals surface area (Å²) in [6, 6.07) is 10.0. The van der Waals surface area contributed by atoms with Gasteiger partial charge in [0, 0.05) is 12.2 Å². The second kappa shape index (κ2) is 7.55. The van der Waals surface area contributed by atoms with Gasteiger partial charge in [-0.2, -0.15) is 0 Å². The summed E-state index contributed by atoms with van der Waals surface area (Å²) in [5, 5.41) is 5.20. The van der Waals surface area contributed by atoms with E-state index in [9.17, 15) is 14.0 Å². The molecule has 0 fully saturated rings. The summed E-state index contributed by atoms with van der Waals surface area (Å²) in [5.41, 5.74) is 6.62. The second-order valence-corrected chi connectivity index (χ2v) is 6.07. The second-order valence-electron chi connectivity index (χ2n) is 6.07. The number of nitrogens with one attached hydrogen (secondary N) is 2. The minimum absolute atomic E-state index is 0.107. The van der Waals surface area contributed by atoms with Crippen LogP contribution in [0.2, 0.25) is 0 Å². The molecule has 0 bridgehead atoms. The van der Waals surface area contributed by atoms with Gasteiger partial charge in [0.05, 0.1) is 17.2 Å². The van der Waals surface area contributed by atoms with Crippen LogP contribution in [0.1, 0.15) is 25.7 Å². The van der Waals surface area contributed by atoms with E-state index < -0.39 is 17.4 Å². The summed E-state index contributed by atoms with van der Waals surface area (Å²) in [6.07, 6.45) is 0. The number of carbonyl (C=O) groups is 1. The number of aromatic nitrogens is 2. The maximum Gasteiger partial charge on any atom is 0.319 e. The fourth-order valence-corrected chi connectivity index (χ4v) is 2.82. The average molecular weight is 369 g/mol. The lowest BCUT2D eigenvalue weighted by Gasteiger charge is -2.17. The Kier molecular flexibility index (Phi) is 5.18. The predicted molar refractivity (Wildman–Crippen MR) is 103 cm³/mol. The molecule has 2 aromatic carbocycles. The third kappa shape index (κ3) is 3.65. The van der Waals surface area contributed by atoms with Crippen molar-refractivity contribution in [3.63, 3.8) is 0 Å². The molecule has 0 saturated heterocycles. The first-order valence-corrected chi connectivity index (χ1v) is 8.54. The fraction of sp³-hybridized carbons (Fsp3) is 0.211. The zero-order valence-corrected chi connectivity index (χ0v) is 15.0. The SMILES string of the molecule is CCNC(=O)Nc1cccc(-n2c(C(C)N)nc3cccc(F)c3c2=O)c1. The summed E-state index contributed by atoms with van der Waals surface area (Å²) in [7, 11) is 0. The molecule has 0 radical (unpaired) electrons. The molecular weight excluding hydrogens is 349 g/mol. The molecule has 2 amide bonds. The Labute approximate surface area is 155 Å². The molecule has 7 nitrogen and oxygen atoms in total. The molecule has 8 heteroatoms. The molecule has 1 heterocycles. The van der Waals surface area contributed by atoms with E-state index in [2.05, 4.69) is 15.6 Å². The van der Waals surface area contributed by atoms with Crippen LogP contribution in [0.4, 0.5) is 14.9 Å². The number of benzene rings is 2. The topological polar surface area (TPSA) is 102 Å². The highest BCUT2D eigenvalue weighted by Crippen LogP contribution is 2.20. The normalized spacial score (nSPS) is 12.0. The highest BCUT2D eigenvalue weighted by molar-refractivity contribution is 5.89. The van der Waals surface area contributed by atoms with Gasteiger partial charge >= 0.3 is 6.03 Å². The molecule has 1 atom stereocenters. The van der Waals surface area contributed by atoms with Crippen molar-refractivity contribution in [1.29, 1.82) is 0 Å². The Morgan fingerprint density at radius 2 is 2.04 bits per heavy atom. The lowest BCUT2D eigenvalue weighted by atomic mass is 10.2. The zero-order chi connectivity index (χ0) is 19.6. The summed E-state index contributed by atoms with van der Waals surface area (Å²) in [5.74, 6) is -0.347. The number of amides is 2. The van der Waals surface area contributed by atoms with E-state index in [0.717, 1.165) is 0 Å². The molecule has 4 N–H and O–H groups in total. The van der Waals surface area contributed by atoms with Crippen LogP contribution in [0.25, 0.3) is 16.6 Å². The minimum atomic E-state index is -0.647. The largest absolute Gasteiger partial charge is 0.338 e. The van der Waals surface area contributed by atoms with Crippen molar-refractivity contribution >= 4 is 22.6 Å². The number of nitrogens with zero attached hydrogens (tertiary/aromatic N) is 2. The standard InChI is InChI=1S/C19H20FN5O2/c1-3-22-19(27)23-12-6-4-7-13(10-12)25-17(11(2)21)24-15-9-5-8-14(20)16(15)18(25)26/h4-11H,3,21H2,1-2H3,(H2,22,23,27). The van der Waals surface area contributed by atoms with Gasteiger partial charge in [-0.05, 0) is 44.2 Å². The number of hydrogen-bond donors (Lipinski definition) is 3. The summed E-state index contributed by atoms with van der Waals surface area (Å²) < 4.78 is 15.5. The Bertz CT molecular complexity index is 1060. The smallest absolute Gasteiger partial charge is 0.319 e. The van der Waals surface area contributed by atoms with Gasteiger partial charge in [-0.1, -0.05) is 12.1 Å². The number of rotatable bonds is 4. The minimum Gasteiger partial charge on any atom is -0.338 e. The van der Waals surface area contributed by atoms with E-state index in [1.54, 1.807) is 44.2 Å². The molecule has 0 spiro atoms. The third-order valence-corrected chi connectivity index (χ3v) is 3.98. The van der Waals surface area contributed by atoms with Gasteiger partial charge in [-0.3, -0.25) is 9.36 Å². The van der Waals surface area contributed by atoms with Gasteiger partial charge in [0.15, 0.2) is 0 Å². The molecule has 0 aliphatic rings. The van der Waals surface area contributed by atoms with Gasteiger partial charge in [0.1, 0.15) is 17.0 Å². The molecule has 1 unspecified atom stereocenters. The van der Waals surface area contributed by atoms with E-state index in [0.29, 0.717) is 23.7 Å². The first-order chi connectivity index (χ1) is 12.9. The van der Waals surface area contributed by atoms with Crippen LogP contribution in [-0.4, -0.2) is 22.1 Å². The molecule has 0 aliphatic carbocycles. The van der Waals surface area contributed by atoms with Crippen LogP contribution in [0.15, 0.2) is 47.3 Å². The fourth-order valence-electron chi connectivity index (χ4n) is 2.82. The first-order valence-electron chi connectivity index (χ1n) is 8.54. The lowest BCUT2D eigenvalue weighted by Crippen LogP contribution is -2.29. The molecule has 0 saturated carbocycles. The zero-order valence-electron chi connectivity index (χ0n) is 15.0. The molecule has 1 aromatic heterocycles. The van der Waals surface area contributed by atoms with E-state index in [1.807, 2.05) is 0 Å². The van der Waals surface area contributed by atoms with E-state index in [1.165, 1.54) is 16.7 Å². The van der Waals surface area contributed by atoms with E-state index in [4.69, 9.17) is 5.73 Å². The summed E-state index contributed by atoms with van der Waals surface area (Å²) in [6.45, 7) is 3.98. The number of carbonyl (C=O) groups excluding carboxylic acids is 1. The summed E-state index contributed by atoms with van der Waals surface area (Å²) in [4.78, 5) is 29.2. The predicted octanol–water partition coefficient (Wildman–Crippen LogP) is 2.69. The van der Waals surface area contributed by atoms with E-state index in [-0.39, 0.29) is 16.9 Å². The Hall–Kier alpha value is -3.26. The maximum atomic E-state index is 14.3. The van der Waals surface area contributed by atoms with Crippen molar-refractivity contribution in [2.75, 3.05) is 11.9 Å². The number of anilines is 1. The number of urea groups is 1. The van der Waals surface area contributed by atoms with Crippen molar-refractivity contribution in [3.05, 3.63) is 64.5 Å². The van der Waals surface area contributed by atoms with Crippen molar-refractivity contribution in [2.24, 2.45) is 5.73 Å². The monoisotopic (exact) mass is 369 g/mol. The summed E-state index contributed by atoms with van der Waals surface area (Å²) >= 11 is 0. The number of fused-ring (bicyclic) bond motifs is 1. The van der Waals surface area contributed by atoms with Crippen LogP contribution < -0.4 is 21.9 Å². The Morgan fingerprint density at radius 3 is 2.74 bits per heavy atom. The highest BCUT2D eigenvalue weighted by atomic mass is 19.1. The van der Waals surface area contributed by atoms with Crippen LogP contribution >= 0.6 is 0 Å². The maximum absolute atomic E-state index is 14.3. The molecule has 140 valence electrons. The van der Waals surface area contributed by atoms with Gasteiger partial charge in [-0.25, -0.2) is 14.2 Å². The Morgan fingerprint density at radius 1 is 1.30 bits per heavy atom. The van der Waals surface area contributed by atoms with Gasteiger partial charge < -0.3 is 16.4 Å². The first kappa shape index (κ1) is 18.5. The van der Waals surface area contributed by atoms with Crippen LogP contribution in [-0.2, 0) is 0 Å². The van der Waals surface area contributed by atoms with Crippen molar-refractivity contribution < 1.29 is 9.18 Å². The van der Waals surface area contributed by atoms with Crippen LogP contribution in [0.5, 0.6) is 0 Å². The lowest BCUT2D eigenvalue weighted by molar-refractivity contribution is 0.252. The highest BCUT2D eigenvalue weighted by Gasteiger charge is 2.18. The molecule has 3 rings (SSSR count). The molecule has 0 aliphatic heterocycles. The van der Waals surface area contributed by atoms with Crippen molar-refractivity contribution in [1.82, 2.24) is 14.9 Å². The van der Waals surface area contributed by atoms with Crippen molar-refractivity contribution in [3.8, 4) is 5.69 Å². The van der Waals surface area contributed by atoms with E-state index >= 15 is 0 Å². The van der Waals surface area contributed by atoms with Crippen LogP contribution in [0, 0.1) is 5.82 Å². The Balaban J connectivity index is 2.20. The van der Waals surface area contributed by atoms with Crippen molar-refractivity contribution in [2.45, 2.75) is 19.9 Å². The van der Waals surface area contributed by atoms with Gasteiger partial charge in [0.2, 0.25) is 0 Å². The van der Waals surface area contributed by atoms with Gasteiger partial charge in [0.25, 0.3) is 5.56 Å².